The summed E-state index contributed by atoms with van der Waals surface area (Å²) >= 11 is 1.19. The van der Waals surface area contributed by atoms with E-state index in [0.29, 0.717) is 4.88 Å². The number of aromatic nitrogens is 1. The molecule has 3 rings (SSSR count). The van der Waals surface area contributed by atoms with Gasteiger partial charge < -0.3 is 10.0 Å². The highest BCUT2D eigenvalue weighted by atomic mass is 32.1. The average molecular weight is 366 g/mol. The SMILES string of the molecule is O=C(O)CCN(Cc1cccc(F)c1F)C(=O)c1scnc1C1CC1. The van der Waals surface area contributed by atoms with E-state index in [2.05, 4.69) is 4.98 Å². The van der Waals surface area contributed by atoms with Crippen LogP contribution in [-0.2, 0) is 11.3 Å². The lowest BCUT2D eigenvalue weighted by molar-refractivity contribution is -0.137. The topological polar surface area (TPSA) is 70.5 Å². The van der Waals surface area contributed by atoms with Crippen LogP contribution in [0, 0.1) is 11.6 Å². The van der Waals surface area contributed by atoms with Crippen LogP contribution in [0.5, 0.6) is 0 Å². The number of hydrogen-bond donors (Lipinski definition) is 1. The molecule has 0 radical (unpaired) electrons. The molecule has 0 spiro atoms. The number of amides is 1. The van der Waals surface area contributed by atoms with E-state index in [9.17, 15) is 18.4 Å². The molecule has 1 fully saturated rings. The summed E-state index contributed by atoms with van der Waals surface area (Å²) in [5.41, 5.74) is 2.31. The molecule has 0 aliphatic heterocycles. The molecule has 132 valence electrons. The second-order valence-electron chi connectivity index (χ2n) is 5.92. The van der Waals surface area contributed by atoms with Gasteiger partial charge in [-0.2, -0.15) is 0 Å². The Kier molecular flexibility index (Phi) is 5.08. The summed E-state index contributed by atoms with van der Waals surface area (Å²) in [5.74, 6) is -3.22. The van der Waals surface area contributed by atoms with Gasteiger partial charge in [-0.25, -0.2) is 13.8 Å². The van der Waals surface area contributed by atoms with Crippen molar-refractivity contribution < 1.29 is 23.5 Å². The molecule has 8 heteroatoms. The first-order valence-corrected chi connectivity index (χ1v) is 8.72. The number of rotatable bonds is 7. The van der Waals surface area contributed by atoms with E-state index in [1.54, 1.807) is 5.51 Å². The average Bonchev–Trinajstić information content (AvgIpc) is 3.31. The Bertz CT molecular complexity index is 805. The number of aliphatic carboxylic acids is 1. The van der Waals surface area contributed by atoms with E-state index in [-0.39, 0.29) is 31.0 Å². The maximum atomic E-state index is 13.9. The van der Waals surface area contributed by atoms with E-state index >= 15 is 0 Å². The van der Waals surface area contributed by atoms with Crippen LogP contribution in [0.25, 0.3) is 0 Å². The van der Waals surface area contributed by atoms with Crippen molar-refractivity contribution in [3.63, 3.8) is 0 Å². The molecule has 1 aliphatic carbocycles. The van der Waals surface area contributed by atoms with Crippen molar-refractivity contribution in [3.8, 4) is 0 Å². The number of carbonyl (C=O) groups is 2. The van der Waals surface area contributed by atoms with Crippen LogP contribution in [0.3, 0.4) is 0 Å². The van der Waals surface area contributed by atoms with Crippen molar-refractivity contribution in [2.75, 3.05) is 6.54 Å². The quantitative estimate of drug-likeness (QED) is 0.815. The second kappa shape index (κ2) is 7.26. The van der Waals surface area contributed by atoms with Gasteiger partial charge in [0.1, 0.15) is 4.88 Å². The molecule has 1 saturated carbocycles. The van der Waals surface area contributed by atoms with E-state index in [4.69, 9.17) is 5.11 Å². The van der Waals surface area contributed by atoms with Crippen molar-refractivity contribution >= 4 is 23.2 Å². The van der Waals surface area contributed by atoms with Gasteiger partial charge in [0, 0.05) is 24.6 Å². The zero-order valence-corrected chi connectivity index (χ0v) is 14.1. The summed E-state index contributed by atoms with van der Waals surface area (Å²) in [6, 6.07) is 3.74. The fourth-order valence-corrected chi connectivity index (χ4v) is 3.41. The van der Waals surface area contributed by atoms with Gasteiger partial charge in [0.25, 0.3) is 5.91 Å². The molecule has 1 aromatic carbocycles. The molecule has 1 aliphatic rings. The lowest BCUT2D eigenvalue weighted by Gasteiger charge is -2.22. The highest BCUT2D eigenvalue weighted by Gasteiger charge is 2.32. The Morgan fingerprint density at radius 1 is 1.32 bits per heavy atom. The van der Waals surface area contributed by atoms with Crippen LogP contribution < -0.4 is 0 Å². The number of benzene rings is 1. The van der Waals surface area contributed by atoms with Crippen molar-refractivity contribution in [2.45, 2.75) is 31.7 Å². The molecule has 0 saturated heterocycles. The van der Waals surface area contributed by atoms with Crippen LogP contribution in [0.15, 0.2) is 23.7 Å². The Balaban J connectivity index is 1.85. The number of carboxylic acids is 1. The second-order valence-corrected chi connectivity index (χ2v) is 6.78. The molecule has 0 bridgehead atoms. The predicted octanol–water partition coefficient (Wildman–Crippen LogP) is 3.42. The summed E-state index contributed by atoms with van der Waals surface area (Å²) in [4.78, 5) is 29.7. The van der Waals surface area contributed by atoms with Gasteiger partial charge >= 0.3 is 5.97 Å². The fraction of sp³-hybridized carbons (Fsp3) is 0.353. The van der Waals surface area contributed by atoms with Crippen LogP contribution in [0.4, 0.5) is 8.78 Å². The minimum atomic E-state index is -1.07. The third-order valence-corrected chi connectivity index (χ3v) is 4.86. The van der Waals surface area contributed by atoms with Crippen molar-refractivity contribution in [1.29, 1.82) is 0 Å². The summed E-state index contributed by atoms with van der Waals surface area (Å²) in [6.45, 7) is -0.288. The number of halogens is 2. The normalized spacial score (nSPS) is 13.7. The van der Waals surface area contributed by atoms with Crippen LogP contribution in [-0.4, -0.2) is 33.4 Å². The maximum absolute atomic E-state index is 13.9. The number of nitrogens with zero attached hydrogens (tertiary/aromatic N) is 2. The first-order valence-electron chi connectivity index (χ1n) is 7.84. The first-order chi connectivity index (χ1) is 12.0. The molecule has 1 amide bonds. The van der Waals surface area contributed by atoms with Gasteiger partial charge in [-0.15, -0.1) is 11.3 Å². The Labute approximate surface area is 146 Å². The molecular formula is C17H16F2N2O3S. The van der Waals surface area contributed by atoms with Gasteiger partial charge in [0.2, 0.25) is 0 Å². The van der Waals surface area contributed by atoms with E-state index in [0.717, 1.165) is 24.6 Å². The third kappa shape index (κ3) is 4.01. The predicted molar refractivity (Wildman–Crippen MR) is 87.4 cm³/mol. The van der Waals surface area contributed by atoms with Crippen LogP contribution >= 0.6 is 11.3 Å². The summed E-state index contributed by atoms with van der Waals surface area (Å²) in [7, 11) is 0. The van der Waals surface area contributed by atoms with Crippen molar-refractivity contribution in [2.24, 2.45) is 0 Å². The lowest BCUT2D eigenvalue weighted by atomic mass is 10.1. The van der Waals surface area contributed by atoms with Crippen LogP contribution in [0.2, 0.25) is 0 Å². The van der Waals surface area contributed by atoms with E-state index in [1.807, 2.05) is 0 Å². The molecule has 1 N–H and O–H groups in total. The smallest absolute Gasteiger partial charge is 0.305 e. The van der Waals surface area contributed by atoms with Gasteiger partial charge in [-0.3, -0.25) is 9.59 Å². The molecule has 1 aromatic heterocycles. The van der Waals surface area contributed by atoms with Crippen LogP contribution in [0.1, 0.15) is 46.1 Å². The summed E-state index contributed by atoms with van der Waals surface area (Å²) in [5, 5.41) is 8.91. The van der Waals surface area contributed by atoms with Gasteiger partial charge in [-0.1, -0.05) is 12.1 Å². The highest BCUT2D eigenvalue weighted by Crippen LogP contribution is 2.42. The standard InChI is InChI=1S/C17H16F2N2O3S/c18-12-3-1-2-11(14(12)19)8-21(7-6-13(22)23)17(24)16-15(10-4-5-10)20-9-25-16/h1-3,9-10H,4-8H2,(H,22,23). The number of carboxylic acid groups (broad SMARTS) is 1. The lowest BCUT2D eigenvalue weighted by Crippen LogP contribution is -2.33. The number of hydrogen-bond acceptors (Lipinski definition) is 4. The fourth-order valence-electron chi connectivity index (χ4n) is 2.57. The van der Waals surface area contributed by atoms with Gasteiger partial charge in [0.05, 0.1) is 17.6 Å². The molecule has 5 nitrogen and oxygen atoms in total. The first kappa shape index (κ1) is 17.5. The number of carbonyl (C=O) groups excluding carboxylic acids is 1. The van der Waals surface area contributed by atoms with Crippen molar-refractivity contribution in [3.05, 3.63) is 51.5 Å². The minimum Gasteiger partial charge on any atom is -0.481 e. The summed E-state index contributed by atoms with van der Waals surface area (Å²) in [6.07, 6.45) is 1.66. The Morgan fingerprint density at radius 2 is 2.08 bits per heavy atom. The molecular weight excluding hydrogens is 350 g/mol. The highest BCUT2D eigenvalue weighted by molar-refractivity contribution is 7.11. The van der Waals surface area contributed by atoms with E-state index < -0.39 is 23.5 Å². The zero-order chi connectivity index (χ0) is 18.0. The van der Waals surface area contributed by atoms with Gasteiger partial charge in [-0.05, 0) is 18.9 Å². The maximum Gasteiger partial charge on any atom is 0.305 e. The summed E-state index contributed by atoms with van der Waals surface area (Å²) < 4.78 is 27.4. The monoisotopic (exact) mass is 366 g/mol. The molecule has 0 atom stereocenters. The minimum absolute atomic E-state index is 0.0104. The molecule has 2 aromatic rings. The molecule has 25 heavy (non-hydrogen) atoms. The Morgan fingerprint density at radius 3 is 2.76 bits per heavy atom. The third-order valence-electron chi connectivity index (χ3n) is 4.03. The van der Waals surface area contributed by atoms with E-state index in [1.165, 1.54) is 28.4 Å². The molecule has 0 unspecified atom stereocenters. The van der Waals surface area contributed by atoms with Crippen molar-refractivity contribution in [1.82, 2.24) is 9.88 Å². The number of thiazole rings is 1. The van der Waals surface area contributed by atoms with Gasteiger partial charge in [0.15, 0.2) is 11.6 Å². The molecule has 1 heterocycles. The largest absolute Gasteiger partial charge is 0.481 e. The zero-order valence-electron chi connectivity index (χ0n) is 13.2. The Hall–Kier alpha value is -2.35.